The van der Waals surface area contributed by atoms with E-state index in [1.165, 1.54) is 13.8 Å². The van der Waals surface area contributed by atoms with Crippen LogP contribution in [-0.2, 0) is 11.0 Å². The molecular weight excluding hydrogens is 399 g/mol. The molecule has 6 nitrogen and oxygen atoms in total. The van der Waals surface area contributed by atoms with Crippen LogP contribution in [0.3, 0.4) is 0 Å². The topological polar surface area (TPSA) is 80.3 Å². The van der Waals surface area contributed by atoms with Gasteiger partial charge in [-0.1, -0.05) is 30.3 Å². The number of alkyl halides is 3. The van der Waals surface area contributed by atoms with Crippen LogP contribution >= 0.6 is 0 Å². The molecule has 2 N–H and O–H groups in total. The summed E-state index contributed by atoms with van der Waals surface area (Å²) in [6.07, 6.45) is -5.54. The lowest BCUT2D eigenvalue weighted by atomic mass is 10.1. The van der Waals surface area contributed by atoms with E-state index < -0.39 is 29.8 Å². The largest absolute Gasteiger partial charge is 0.481 e. The summed E-state index contributed by atoms with van der Waals surface area (Å²) in [5.41, 5.74) is 3.05. The minimum absolute atomic E-state index is 0.0913. The Morgan fingerprint density at radius 1 is 1.00 bits per heavy atom. The summed E-state index contributed by atoms with van der Waals surface area (Å²) in [4.78, 5) is 27.8. The molecule has 1 heterocycles. The zero-order chi connectivity index (χ0) is 21.9. The molecule has 30 heavy (non-hydrogen) atoms. The summed E-state index contributed by atoms with van der Waals surface area (Å²) in [6, 6.07) is 14.7. The monoisotopic (exact) mass is 417 g/mol. The normalized spacial score (nSPS) is 12.3. The fourth-order valence-corrected chi connectivity index (χ4v) is 2.74. The summed E-state index contributed by atoms with van der Waals surface area (Å²) in [6.45, 7) is 2.78. The number of pyridine rings is 1. The number of carbonyl (C=O) groups is 2. The van der Waals surface area contributed by atoms with Gasteiger partial charge in [0.1, 0.15) is 11.4 Å². The van der Waals surface area contributed by atoms with Gasteiger partial charge in [0.2, 0.25) is 0 Å². The predicted molar refractivity (Wildman–Crippen MR) is 104 cm³/mol. The maximum Gasteiger partial charge on any atom is 0.433 e. The van der Waals surface area contributed by atoms with Gasteiger partial charge in [0, 0.05) is 0 Å². The molecule has 1 unspecified atom stereocenters. The van der Waals surface area contributed by atoms with Crippen molar-refractivity contribution in [2.75, 3.05) is 0 Å². The number of halogens is 3. The van der Waals surface area contributed by atoms with E-state index in [0.29, 0.717) is 11.8 Å². The van der Waals surface area contributed by atoms with Crippen LogP contribution in [0.2, 0.25) is 0 Å². The summed E-state index contributed by atoms with van der Waals surface area (Å²) < 4.78 is 43.6. The lowest BCUT2D eigenvalue weighted by Gasteiger charge is -2.16. The number of hydrogen-bond acceptors (Lipinski definition) is 4. The molecule has 9 heteroatoms. The highest BCUT2D eigenvalue weighted by Gasteiger charge is 2.33. The van der Waals surface area contributed by atoms with E-state index >= 15 is 0 Å². The van der Waals surface area contributed by atoms with Crippen molar-refractivity contribution in [2.24, 2.45) is 0 Å². The third kappa shape index (κ3) is 4.86. The first-order valence-corrected chi connectivity index (χ1v) is 8.95. The van der Waals surface area contributed by atoms with Crippen molar-refractivity contribution in [2.45, 2.75) is 26.1 Å². The first-order valence-electron chi connectivity index (χ1n) is 8.95. The Labute approximate surface area is 170 Å². The van der Waals surface area contributed by atoms with Gasteiger partial charge in [0.05, 0.1) is 11.3 Å². The molecule has 0 bridgehead atoms. The Kier molecular flexibility index (Phi) is 5.91. The van der Waals surface area contributed by atoms with Crippen LogP contribution in [0.15, 0.2) is 54.6 Å². The van der Waals surface area contributed by atoms with Crippen molar-refractivity contribution >= 4 is 22.6 Å². The number of fused-ring (bicyclic) bond motifs is 1. The molecular formula is C21H18F3N3O3. The second-order valence-electron chi connectivity index (χ2n) is 6.54. The zero-order valence-corrected chi connectivity index (χ0v) is 16.1. The first kappa shape index (κ1) is 21.1. The molecule has 0 fully saturated rings. The lowest BCUT2D eigenvalue weighted by molar-refractivity contribution is -0.141. The molecule has 2 aromatic carbocycles. The van der Waals surface area contributed by atoms with Gasteiger partial charge in [-0.25, -0.2) is 4.98 Å². The number of aryl methyl sites for hydroxylation is 1. The Balaban J connectivity index is 1.59. The van der Waals surface area contributed by atoms with Crippen LogP contribution in [0.25, 0.3) is 10.8 Å². The summed E-state index contributed by atoms with van der Waals surface area (Å²) in [7, 11) is 0. The number of amides is 2. The Morgan fingerprint density at radius 3 is 2.37 bits per heavy atom. The van der Waals surface area contributed by atoms with Gasteiger partial charge in [-0.3, -0.25) is 20.4 Å². The van der Waals surface area contributed by atoms with E-state index in [1.807, 2.05) is 30.3 Å². The molecule has 0 radical (unpaired) electrons. The number of carbonyl (C=O) groups excluding carboxylic acids is 2. The van der Waals surface area contributed by atoms with E-state index in [-0.39, 0.29) is 11.3 Å². The number of rotatable bonds is 4. The molecule has 1 aromatic heterocycles. The molecule has 3 rings (SSSR count). The fraction of sp³-hybridized carbons (Fsp3) is 0.190. The van der Waals surface area contributed by atoms with Crippen LogP contribution in [0.1, 0.15) is 28.7 Å². The van der Waals surface area contributed by atoms with Gasteiger partial charge in [-0.2, -0.15) is 13.2 Å². The highest BCUT2D eigenvalue weighted by atomic mass is 19.4. The molecule has 0 aliphatic heterocycles. The number of ether oxygens (including phenoxy) is 1. The van der Waals surface area contributed by atoms with E-state index in [0.717, 1.165) is 16.8 Å². The summed E-state index contributed by atoms with van der Waals surface area (Å²) in [5.74, 6) is -0.945. The maximum absolute atomic E-state index is 12.7. The van der Waals surface area contributed by atoms with Gasteiger partial charge in [-0.05, 0) is 48.9 Å². The number of hydrogen-bond donors (Lipinski definition) is 2. The number of nitrogens with one attached hydrogen (secondary N) is 2. The van der Waals surface area contributed by atoms with Gasteiger partial charge in [-0.15, -0.1) is 0 Å². The van der Waals surface area contributed by atoms with Gasteiger partial charge >= 0.3 is 6.18 Å². The highest BCUT2D eigenvalue weighted by molar-refractivity contribution is 5.96. The van der Waals surface area contributed by atoms with E-state index in [4.69, 9.17) is 4.74 Å². The molecule has 0 saturated heterocycles. The number of nitrogens with zero attached hydrogens (tertiary/aromatic N) is 1. The Bertz CT molecular complexity index is 1100. The minimum Gasteiger partial charge on any atom is -0.481 e. The van der Waals surface area contributed by atoms with Crippen LogP contribution in [0.5, 0.6) is 5.75 Å². The molecule has 2 amide bonds. The summed E-state index contributed by atoms with van der Waals surface area (Å²) >= 11 is 0. The molecule has 156 valence electrons. The second kappa shape index (κ2) is 8.40. The molecule has 0 spiro atoms. The average Bonchev–Trinajstić information content (AvgIpc) is 2.70. The third-order valence-corrected chi connectivity index (χ3v) is 4.32. The SMILES string of the molecule is Cc1nc(C(F)(F)F)ccc1C(=O)NNC(=O)C(C)Oc1ccc2ccccc2c1. The molecule has 0 aliphatic rings. The minimum atomic E-state index is -4.61. The number of hydrazine groups is 1. The molecule has 1 atom stereocenters. The Morgan fingerprint density at radius 2 is 1.70 bits per heavy atom. The van der Waals surface area contributed by atoms with Crippen molar-refractivity contribution in [1.82, 2.24) is 15.8 Å². The third-order valence-electron chi connectivity index (χ3n) is 4.32. The zero-order valence-electron chi connectivity index (χ0n) is 16.1. The fourth-order valence-electron chi connectivity index (χ4n) is 2.74. The lowest BCUT2D eigenvalue weighted by Crippen LogP contribution is -2.47. The van der Waals surface area contributed by atoms with Crippen LogP contribution in [0, 0.1) is 6.92 Å². The van der Waals surface area contributed by atoms with Gasteiger partial charge in [0.25, 0.3) is 11.8 Å². The van der Waals surface area contributed by atoms with Crippen molar-refractivity contribution in [3.63, 3.8) is 0 Å². The van der Waals surface area contributed by atoms with Crippen LogP contribution < -0.4 is 15.6 Å². The highest BCUT2D eigenvalue weighted by Crippen LogP contribution is 2.28. The Hall–Kier alpha value is -3.62. The average molecular weight is 417 g/mol. The first-order chi connectivity index (χ1) is 14.1. The standard InChI is InChI=1S/C21H18F3N3O3/c1-12-17(9-10-18(25-12)21(22,23)24)20(29)27-26-19(28)13(2)30-16-8-7-14-5-3-4-6-15(14)11-16/h3-11,13H,1-2H3,(H,26,28)(H,27,29). The molecule has 3 aromatic rings. The van der Waals surface area contributed by atoms with Crippen LogP contribution in [-0.4, -0.2) is 22.9 Å². The van der Waals surface area contributed by atoms with E-state index in [1.54, 1.807) is 12.1 Å². The van der Waals surface area contributed by atoms with Crippen molar-refractivity contribution in [1.29, 1.82) is 0 Å². The van der Waals surface area contributed by atoms with Crippen LogP contribution in [0.4, 0.5) is 13.2 Å². The molecule has 0 aliphatic carbocycles. The maximum atomic E-state index is 12.7. The van der Waals surface area contributed by atoms with Crippen molar-refractivity contribution < 1.29 is 27.5 Å². The summed E-state index contributed by atoms with van der Waals surface area (Å²) in [5, 5.41) is 1.97. The molecule has 0 saturated carbocycles. The predicted octanol–water partition coefficient (Wildman–Crippen LogP) is 3.79. The van der Waals surface area contributed by atoms with Crippen molar-refractivity contribution in [3.05, 3.63) is 71.5 Å². The second-order valence-corrected chi connectivity index (χ2v) is 6.54. The number of aromatic nitrogens is 1. The number of benzene rings is 2. The quantitative estimate of drug-likeness (QED) is 0.633. The van der Waals surface area contributed by atoms with Crippen molar-refractivity contribution in [3.8, 4) is 5.75 Å². The van der Waals surface area contributed by atoms with Gasteiger partial charge in [0.15, 0.2) is 6.10 Å². The van der Waals surface area contributed by atoms with E-state index in [9.17, 15) is 22.8 Å². The van der Waals surface area contributed by atoms with E-state index in [2.05, 4.69) is 15.8 Å². The van der Waals surface area contributed by atoms with Gasteiger partial charge < -0.3 is 4.74 Å². The smallest absolute Gasteiger partial charge is 0.433 e.